The molecule has 32 heavy (non-hydrogen) atoms. The molecule has 0 atom stereocenters. The van der Waals surface area contributed by atoms with Crippen LogP contribution in [0.15, 0.2) is 54.6 Å². The van der Waals surface area contributed by atoms with Gasteiger partial charge in [0.25, 0.3) is 0 Å². The van der Waals surface area contributed by atoms with Gasteiger partial charge in [0.15, 0.2) is 0 Å². The molecule has 2 aromatic rings. The lowest BCUT2D eigenvalue weighted by Crippen LogP contribution is -2.52. The van der Waals surface area contributed by atoms with E-state index in [1.165, 1.54) is 37.7 Å². The standard InChI is InChI=1S/C20H28N2O2.C7H6O/c1-24-19-9-5-6-17(16-19)10-11-20(23)22-14-12-21(13-15-22)18-7-3-2-4-8-18;1-3-7-4-2-6(1)5-8-7/h5-6,9-11,16,18H,2-4,7-8,12-15H2,1H3;1-4H,5H2. The number of piperazine rings is 1. The topological polar surface area (TPSA) is 42.0 Å². The van der Waals surface area contributed by atoms with Crippen molar-refractivity contribution < 1.29 is 14.3 Å². The Bertz CT molecular complexity index is 872. The predicted molar refractivity (Wildman–Crippen MR) is 128 cm³/mol. The minimum atomic E-state index is 0.112. The van der Waals surface area contributed by atoms with Gasteiger partial charge < -0.3 is 14.4 Å². The molecule has 3 aliphatic heterocycles. The molecule has 170 valence electrons. The van der Waals surface area contributed by atoms with Crippen LogP contribution in [0.2, 0.25) is 0 Å². The zero-order chi connectivity index (χ0) is 22.2. The third-order valence-electron chi connectivity index (χ3n) is 6.56. The number of carbonyl (C=O) groups excluding carboxylic acids is 1. The van der Waals surface area contributed by atoms with Crippen molar-refractivity contribution in [3.63, 3.8) is 0 Å². The van der Waals surface area contributed by atoms with Crippen molar-refractivity contribution in [2.45, 2.75) is 44.8 Å². The summed E-state index contributed by atoms with van der Waals surface area (Å²) in [5, 5.41) is 0. The molecule has 2 bridgehead atoms. The van der Waals surface area contributed by atoms with Crippen molar-refractivity contribution in [2.24, 2.45) is 0 Å². The van der Waals surface area contributed by atoms with Gasteiger partial charge in [-0.3, -0.25) is 9.69 Å². The van der Waals surface area contributed by atoms with Crippen LogP contribution < -0.4 is 9.47 Å². The summed E-state index contributed by atoms with van der Waals surface area (Å²) in [6.45, 7) is 4.49. The minimum absolute atomic E-state index is 0.112. The van der Waals surface area contributed by atoms with Crippen LogP contribution in [-0.2, 0) is 11.4 Å². The van der Waals surface area contributed by atoms with E-state index < -0.39 is 0 Å². The number of hydrogen-bond acceptors (Lipinski definition) is 4. The number of benzene rings is 2. The van der Waals surface area contributed by atoms with Gasteiger partial charge in [-0.05, 0) is 54.3 Å². The van der Waals surface area contributed by atoms with Gasteiger partial charge in [0, 0.05) is 38.3 Å². The van der Waals surface area contributed by atoms with Crippen LogP contribution in [0.25, 0.3) is 6.08 Å². The zero-order valence-electron chi connectivity index (χ0n) is 19.0. The molecule has 6 rings (SSSR count). The first kappa shape index (κ1) is 22.4. The molecule has 1 amide bonds. The Morgan fingerprint density at radius 2 is 1.75 bits per heavy atom. The highest BCUT2D eigenvalue weighted by Gasteiger charge is 2.26. The van der Waals surface area contributed by atoms with Gasteiger partial charge >= 0.3 is 0 Å². The van der Waals surface area contributed by atoms with Gasteiger partial charge in [0.05, 0.1) is 7.11 Å². The van der Waals surface area contributed by atoms with Gasteiger partial charge in [0.2, 0.25) is 5.91 Å². The van der Waals surface area contributed by atoms with Crippen molar-refractivity contribution in [2.75, 3.05) is 33.3 Å². The SMILES string of the molecule is COc1cccc(C=CC(=O)N2CCN(C3CCCCC3)CC2)c1.c1cc2ccc1CO2. The molecule has 1 saturated heterocycles. The van der Waals surface area contributed by atoms with Gasteiger partial charge in [-0.1, -0.05) is 43.5 Å². The smallest absolute Gasteiger partial charge is 0.246 e. The molecule has 1 saturated carbocycles. The average Bonchev–Trinajstić information content (AvgIpc) is 2.89. The molecule has 2 aromatic carbocycles. The predicted octanol–water partition coefficient (Wildman–Crippen LogP) is 4.76. The maximum Gasteiger partial charge on any atom is 0.246 e. The summed E-state index contributed by atoms with van der Waals surface area (Å²) in [6, 6.07) is 16.6. The minimum Gasteiger partial charge on any atom is -0.497 e. The average molecular weight is 435 g/mol. The Morgan fingerprint density at radius 3 is 2.31 bits per heavy atom. The summed E-state index contributed by atoms with van der Waals surface area (Å²) >= 11 is 0. The summed E-state index contributed by atoms with van der Waals surface area (Å²) in [4.78, 5) is 17.0. The fraction of sp³-hybridized carbons (Fsp3) is 0.444. The van der Waals surface area contributed by atoms with Crippen molar-refractivity contribution in [1.82, 2.24) is 9.80 Å². The highest BCUT2D eigenvalue weighted by atomic mass is 16.5. The van der Waals surface area contributed by atoms with E-state index in [-0.39, 0.29) is 5.91 Å². The number of ether oxygens (including phenoxy) is 2. The van der Waals surface area contributed by atoms with Gasteiger partial charge in [-0.15, -0.1) is 0 Å². The molecule has 4 aliphatic rings. The Balaban J connectivity index is 0.000000254. The fourth-order valence-corrected chi connectivity index (χ4v) is 4.62. The first-order valence-electron chi connectivity index (χ1n) is 11.8. The van der Waals surface area contributed by atoms with Crippen LogP contribution in [0.4, 0.5) is 0 Å². The van der Waals surface area contributed by atoms with Crippen LogP contribution in [-0.4, -0.2) is 55.0 Å². The van der Waals surface area contributed by atoms with Crippen LogP contribution in [0, 0.1) is 0 Å². The quantitative estimate of drug-likeness (QED) is 0.651. The van der Waals surface area contributed by atoms with E-state index in [0.717, 1.165) is 55.9 Å². The maximum absolute atomic E-state index is 12.4. The molecule has 0 spiro atoms. The lowest BCUT2D eigenvalue weighted by molar-refractivity contribution is -0.128. The molecular weight excluding hydrogens is 400 g/mol. The number of methoxy groups -OCH3 is 1. The van der Waals surface area contributed by atoms with Crippen molar-refractivity contribution in [3.8, 4) is 11.5 Å². The van der Waals surface area contributed by atoms with Gasteiger partial charge in [-0.25, -0.2) is 0 Å². The second-order valence-electron chi connectivity index (χ2n) is 8.70. The highest BCUT2D eigenvalue weighted by molar-refractivity contribution is 5.91. The summed E-state index contributed by atoms with van der Waals surface area (Å²) in [5.74, 6) is 1.91. The summed E-state index contributed by atoms with van der Waals surface area (Å²) in [6.07, 6.45) is 10.4. The maximum atomic E-state index is 12.4. The Kier molecular flexibility index (Phi) is 7.83. The van der Waals surface area contributed by atoms with Crippen molar-refractivity contribution in [1.29, 1.82) is 0 Å². The third-order valence-corrected chi connectivity index (χ3v) is 6.56. The molecule has 0 unspecified atom stereocenters. The van der Waals surface area contributed by atoms with E-state index in [4.69, 9.17) is 9.47 Å². The van der Waals surface area contributed by atoms with Crippen LogP contribution in [0.3, 0.4) is 0 Å². The number of nitrogens with zero attached hydrogens (tertiary/aromatic N) is 2. The first-order chi connectivity index (χ1) is 15.7. The van der Waals surface area contributed by atoms with Crippen molar-refractivity contribution >= 4 is 12.0 Å². The third kappa shape index (κ3) is 6.13. The van der Waals surface area contributed by atoms with E-state index in [2.05, 4.69) is 17.0 Å². The second kappa shape index (κ2) is 11.2. The molecule has 1 aliphatic carbocycles. The van der Waals surface area contributed by atoms with Crippen LogP contribution >= 0.6 is 0 Å². The molecule has 2 fully saturated rings. The summed E-state index contributed by atoms with van der Waals surface area (Å²) in [5.41, 5.74) is 2.25. The molecule has 0 aromatic heterocycles. The number of carbonyl (C=O) groups is 1. The zero-order valence-corrected chi connectivity index (χ0v) is 19.0. The fourth-order valence-electron chi connectivity index (χ4n) is 4.62. The molecule has 0 radical (unpaired) electrons. The van der Waals surface area contributed by atoms with Crippen LogP contribution in [0.1, 0.15) is 43.2 Å². The second-order valence-corrected chi connectivity index (χ2v) is 8.70. The monoisotopic (exact) mass is 434 g/mol. The number of fused-ring (bicyclic) bond motifs is 3. The molecule has 3 heterocycles. The largest absolute Gasteiger partial charge is 0.497 e. The number of hydrogen-bond donors (Lipinski definition) is 0. The lowest BCUT2D eigenvalue weighted by atomic mass is 9.94. The summed E-state index contributed by atoms with van der Waals surface area (Å²) < 4.78 is 10.4. The van der Waals surface area contributed by atoms with E-state index in [1.807, 2.05) is 47.4 Å². The van der Waals surface area contributed by atoms with E-state index in [1.54, 1.807) is 13.2 Å². The Labute approximate surface area is 191 Å². The van der Waals surface area contributed by atoms with Crippen LogP contribution in [0.5, 0.6) is 11.5 Å². The van der Waals surface area contributed by atoms with E-state index >= 15 is 0 Å². The highest BCUT2D eigenvalue weighted by Crippen LogP contribution is 2.23. The first-order valence-corrected chi connectivity index (χ1v) is 11.8. The molecule has 5 heteroatoms. The van der Waals surface area contributed by atoms with E-state index in [9.17, 15) is 4.79 Å². The summed E-state index contributed by atoms with van der Waals surface area (Å²) in [7, 11) is 1.65. The van der Waals surface area contributed by atoms with Crippen molar-refractivity contribution in [3.05, 3.63) is 65.7 Å². The Morgan fingerprint density at radius 1 is 1.00 bits per heavy atom. The molecule has 5 nitrogen and oxygen atoms in total. The van der Waals surface area contributed by atoms with Gasteiger partial charge in [-0.2, -0.15) is 0 Å². The Hall–Kier alpha value is -2.79. The number of rotatable bonds is 4. The molecule has 0 N–H and O–H groups in total. The van der Waals surface area contributed by atoms with Gasteiger partial charge in [0.1, 0.15) is 18.1 Å². The number of amides is 1. The lowest BCUT2D eigenvalue weighted by Gasteiger charge is -2.40. The molecular formula is C27H34N2O3. The van der Waals surface area contributed by atoms with E-state index in [0.29, 0.717) is 0 Å². The normalized spacial score (nSPS) is 18.7.